The van der Waals surface area contributed by atoms with Gasteiger partial charge in [0.05, 0.1) is 11.3 Å². The second kappa shape index (κ2) is 3.92. The van der Waals surface area contributed by atoms with Gasteiger partial charge in [0.2, 0.25) is 0 Å². The lowest BCUT2D eigenvalue weighted by atomic mass is 10.1. The van der Waals surface area contributed by atoms with Gasteiger partial charge in [0.15, 0.2) is 5.75 Å². The molecule has 0 aliphatic carbocycles. The van der Waals surface area contributed by atoms with Crippen molar-refractivity contribution in [1.29, 1.82) is 0 Å². The lowest BCUT2D eigenvalue weighted by Gasteiger charge is -2.12. The Labute approximate surface area is 89.0 Å². The van der Waals surface area contributed by atoms with Crippen molar-refractivity contribution in [2.75, 3.05) is 5.73 Å². The van der Waals surface area contributed by atoms with Gasteiger partial charge < -0.3 is 16.2 Å². The Morgan fingerprint density at radius 2 is 1.94 bits per heavy atom. The average Bonchev–Trinajstić information content (AvgIpc) is 2.10. The zero-order valence-electron chi connectivity index (χ0n) is 8.26. The molecule has 88 valence electrons. The molecular weight excluding hydrogens is 225 g/mol. The summed E-state index contributed by atoms with van der Waals surface area (Å²) in [6.07, 6.45) is -5.75. The molecule has 0 aliphatic rings. The molecule has 0 radical (unpaired) electrons. The Kier molecular flexibility index (Phi) is 2.97. The van der Waals surface area contributed by atoms with E-state index < -0.39 is 17.8 Å². The fraction of sp³-hybridized carbons (Fsp3) is 0.222. The fourth-order valence-electron chi connectivity index (χ4n) is 1.12. The number of primary amides is 1. The molecule has 0 saturated heterocycles. The Hall–Kier alpha value is -1.92. The molecule has 0 heterocycles. The highest BCUT2D eigenvalue weighted by Crippen LogP contribution is 2.36. The van der Waals surface area contributed by atoms with Crippen LogP contribution < -0.4 is 16.2 Å². The third kappa shape index (κ3) is 2.56. The van der Waals surface area contributed by atoms with Crippen LogP contribution in [-0.2, 0) is 6.18 Å². The second-order valence-electron chi connectivity index (χ2n) is 3.12. The zero-order valence-corrected chi connectivity index (χ0v) is 8.26. The van der Waals surface area contributed by atoms with Gasteiger partial charge >= 0.3 is 12.3 Å². The number of amides is 1. The highest BCUT2D eigenvalue weighted by atomic mass is 19.4. The third-order valence-corrected chi connectivity index (χ3v) is 1.89. The van der Waals surface area contributed by atoms with E-state index in [0.29, 0.717) is 6.07 Å². The Balaban J connectivity index is 3.27. The van der Waals surface area contributed by atoms with Gasteiger partial charge in [-0.1, -0.05) is 0 Å². The SMILES string of the molecule is Cc1cc(C(F)(F)F)cc(OC(N)=O)c1N. The first-order valence-corrected chi connectivity index (χ1v) is 4.16. The number of aryl methyl sites for hydroxylation is 1. The summed E-state index contributed by atoms with van der Waals surface area (Å²) in [6, 6.07) is 1.50. The fourth-order valence-corrected chi connectivity index (χ4v) is 1.12. The molecule has 0 aromatic heterocycles. The molecule has 1 rings (SSSR count). The standard InChI is InChI=1S/C9H9F3N2O2/c1-4-2-5(9(10,11)12)3-6(7(4)13)16-8(14)15/h2-3H,13H2,1H3,(H2,14,15). The van der Waals surface area contributed by atoms with Gasteiger partial charge in [0.25, 0.3) is 0 Å². The molecule has 7 heteroatoms. The van der Waals surface area contributed by atoms with Crippen molar-refractivity contribution in [3.63, 3.8) is 0 Å². The van der Waals surface area contributed by atoms with E-state index in [9.17, 15) is 18.0 Å². The van der Waals surface area contributed by atoms with Gasteiger partial charge in [0.1, 0.15) is 0 Å². The van der Waals surface area contributed by atoms with E-state index in [2.05, 4.69) is 4.74 Å². The Morgan fingerprint density at radius 1 is 1.38 bits per heavy atom. The molecule has 0 aliphatic heterocycles. The van der Waals surface area contributed by atoms with Crippen molar-refractivity contribution in [2.24, 2.45) is 5.73 Å². The van der Waals surface area contributed by atoms with Gasteiger partial charge in [-0.3, -0.25) is 0 Å². The number of hydrogen-bond acceptors (Lipinski definition) is 3. The molecule has 1 aromatic carbocycles. The maximum atomic E-state index is 12.4. The van der Waals surface area contributed by atoms with Crippen molar-refractivity contribution >= 4 is 11.8 Å². The molecule has 1 amide bonds. The predicted molar refractivity (Wildman–Crippen MR) is 50.8 cm³/mol. The monoisotopic (exact) mass is 234 g/mol. The van der Waals surface area contributed by atoms with Crippen LogP contribution in [0.2, 0.25) is 0 Å². The van der Waals surface area contributed by atoms with Crippen LogP contribution >= 0.6 is 0 Å². The lowest BCUT2D eigenvalue weighted by Crippen LogP contribution is -2.18. The number of anilines is 1. The van der Waals surface area contributed by atoms with E-state index in [0.717, 1.165) is 6.07 Å². The molecular formula is C9H9F3N2O2. The first kappa shape index (κ1) is 12.2. The number of ether oxygens (including phenoxy) is 1. The molecule has 16 heavy (non-hydrogen) atoms. The number of carbonyl (C=O) groups is 1. The minimum Gasteiger partial charge on any atom is -0.408 e. The van der Waals surface area contributed by atoms with Crippen LogP contribution in [-0.4, -0.2) is 6.09 Å². The van der Waals surface area contributed by atoms with Gasteiger partial charge in [-0.25, -0.2) is 4.79 Å². The molecule has 0 atom stereocenters. The van der Waals surface area contributed by atoms with E-state index >= 15 is 0 Å². The van der Waals surface area contributed by atoms with Crippen LogP contribution in [0, 0.1) is 6.92 Å². The van der Waals surface area contributed by atoms with Crippen molar-refractivity contribution in [3.8, 4) is 5.75 Å². The quantitative estimate of drug-likeness (QED) is 0.730. The number of rotatable bonds is 1. The maximum absolute atomic E-state index is 12.4. The molecule has 4 nitrogen and oxygen atoms in total. The van der Waals surface area contributed by atoms with Crippen LogP contribution in [0.15, 0.2) is 12.1 Å². The number of nitrogen functional groups attached to an aromatic ring is 1. The molecule has 0 saturated carbocycles. The second-order valence-corrected chi connectivity index (χ2v) is 3.12. The molecule has 0 bridgehead atoms. The molecule has 1 aromatic rings. The van der Waals surface area contributed by atoms with Gasteiger partial charge in [-0.2, -0.15) is 13.2 Å². The summed E-state index contributed by atoms with van der Waals surface area (Å²) in [7, 11) is 0. The normalized spacial score (nSPS) is 11.2. The van der Waals surface area contributed by atoms with Crippen molar-refractivity contribution in [1.82, 2.24) is 0 Å². The summed E-state index contributed by atoms with van der Waals surface area (Å²) in [5.41, 5.74) is 9.31. The Morgan fingerprint density at radius 3 is 2.38 bits per heavy atom. The van der Waals surface area contributed by atoms with E-state index in [4.69, 9.17) is 11.5 Å². The minimum atomic E-state index is -4.53. The van der Waals surface area contributed by atoms with E-state index in [-0.39, 0.29) is 17.0 Å². The first-order chi connectivity index (χ1) is 7.21. The highest BCUT2D eigenvalue weighted by molar-refractivity contribution is 5.72. The van der Waals surface area contributed by atoms with Gasteiger partial charge in [-0.05, 0) is 24.6 Å². The summed E-state index contributed by atoms with van der Waals surface area (Å²) in [5, 5.41) is 0. The number of carbonyl (C=O) groups excluding carboxylic acids is 1. The number of benzene rings is 1. The topological polar surface area (TPSA) is 78.3 Å². The van der Waals surface area contributed by atoms with Crippen molar-refractivity contribution in [3.05, 3.63) is 23.3 Å². The van der Waals surface area contributed by atoms with Crippen LogP contribution in [0.5, 0.6) is 5.75 Å². The van der Waals surface area contributed by atoms with Crippen molar-refractivity contribution < 1.29 is 22.7 Å². The maximum Gasteiger partial charge on any atom is 0.416 e. The summed E-state index contributed by atoms with van der Waals surface area (Å²) in [5.74, 6) is -0.389. The number of hydrogen-bond donors (Lipinski definition) is 2. The molecule has 0 spiro atoms. The molecule has 0 unspecified atom stereocenters. The lowest BCUT2D eigenvalue weighted by molar-refractivity contribution is -0.137. The first-order valence-electron chi connectivity index (χ1n) is 4.16. The van der Waals surface area contributed by atoms with Gasteiger partial charge in [-0.15, -0.1) is 0 Å². The summed E-state index contributed by atoms with van der Waals surface area (Å²) in [4.78, 5) is 10.5. The number of halogens is 3. The average molecular weight is 234 g/mol. The van der Waals surface area contributed by atoms with Crippen LogP contribution in [0.4, 0.5) is 23.7 Å². The highest BCUT2D eigenvalue weighted by Gasteiger charge is 2.32. The van der Waals surface area contributed by atoms with Crippen LogP contribution in [0.3, 0.4) is 0 Å². The van der Waals surface area contributed by atoms with Crippen molar-refractivity contribution in [2.45, 2.75) is 13.1 Å². The number of alkyl halides is 3. The van der Waals surface area contributed by atoms with Gasteiger partial charge in [0, 0.05) is 0 Å². The van der Waals surface area contributed by atoms with Crippen LogP contribution in [0.25, 0.3) is 0 Å². The molecule has 4 N–H and O–H groups in total. The molecule has 0 fully saturated rings. The third-order valence-electron chi connectivity index (χ3n) is 1.89. The smallest absolute Gasteiger partial charge is 0.408 e. The summed E-state index contributed by atoms with van der Waals surface area (Å²) in [6.45, 7) is 1.37. The zero-order chi connectivity index (χ0) is 12.5. The summed E-state index contributed by atoms with van der Waals surface area (Å²) >= 11 is 0. The predicted octanol–water partition coefficient (Wildman–Crippen LogP) is 2.05. The largest absolute Gasteiger partial charge is 0.416 e. The summed E-state index contributed by atoms with van der Waals surface area (Å²) < 4.78 is 41.6. The number of nitrogens with two attached hydrogens (primary N) is 2. The van der Waals surface area contributed by atoms with E-state index in [1.165, 1.54) is 6.92 Å². The van der Waals surface area contributed by atoms with E-state index in [1.54, 1.807) is 0 Å². The minimum absolute atomic E-state index is 0.0493. The van der Waals surface area contributed by atoms with E-state index in [1.807, 2.05) is 0 Å². The van der Waals surface area contributed by atoms with Crippen LogP contribution in [0.1, 0.15) is 11.1 Å². The Bertz CT molecular complexity index is 429.